The highest BCUT2D eigenvalue weighted by molar-refractivity contribution is 5.73. The van der Waals surface area contributed by atoms with Crippen molar-refractivity contribution >= 4 is 5.97 Å². The quantitative estimate of drug-likeness (QED) is 0.0606. The van der Waals surface area contributed by atoms with Crippen LogP contribution in [0.5, 0.6) is 0 Å². The summed E-state index contributed by atoms with van der Waals surface area (Å²) in [4.78, 5) is 22.4. The van der Waals surface area contributed by atoms with Gasteiger partial charge >= 0.3 is 5.97 Å². The van der Waals surface area contributed by atoms with Crippen molar-refractivity contribution in [1.82, 2.24) is 35.3 Å². The third kappa shape index (κ3) is 15.0. The molecule has 428 valence electrons. The van der Waals surface area contributed by atoms with Crippen LogP contribution in [-0.2, 0) is 38.0 Å². The Bertz CT molecular complexity index is 2080. The van der Waals surface area contributed by atoms with Gasteiger partial charge in [0.05, 0.1) is 53.3 Å². The molecule has 0 bridgehead atoms. The van der Waals surface area contributed by atoms with Crippen molar-refractivity contribution in [2.24, 2.45) is 23.6 Å². The molecule has 4 heterocycles. The summed E-state index contributed by atoms with van der Waals surface area (Å²) in [6, 6.07) is 5.52. The van der Waals surface area contributed by atoms with E-state index in [0.717, 1.165) is 11.3 Å². The van der Waals surface area contributed by atoms with Gasteiger partial charge in [-0.1, -0.05) is 32.9 Å². The van der Waals surface area contributed by atoms with Crippen molar-refractivity contribution < 1.29 is 67.9 Å². The normalized spacial score (nSPS) is 39.0. The molecule has 2 aromatic rings. The highest BCUT2D eigenvalue weighted by atomic mass is 19.1. The predicted octanol–water partition coefficient (Wildman–Crippen LogP) is 2.86. The highest BCUT2D eigenvalue weighted by Crippen LogP contribution is 2.40. The third-order valence-electron chi connectivity index (χ3n) is 16.2. The fourth-order valence-electron chi connectivity index (χ4n) is 11.4. The maximum absolute atomic E-state index is 14.7. The summed E-state index contributed by atoms with van der Waals surface area (Å²) in [6.45, 7) is 17.4. The number of cyclic esters (lactones) is 1. The first-order valence-corrected chi connectivity index (χ1v) is 26.5. The van der Waals surface area contributed by atoms with Crippen LogP contribution in [0.25, 0.3) is 5.69 Å². The molecular weight excluding hydrogens is 976 g/mol. The molecule has 0 aliphatic carbocycles. The van der Waals surface area contributed by atoms with Crippen molar-refractivity contribution in [1.29, 1.82) is 0 Å². The summed E-state index contributed by atoms with van der Waals surface area (Å²) < 4.78 is 60.3. The number of carbonyl (C=O) groups excluding carboxylic acids is 1. The number of hydrogen-bond acceptors (Lipinski definition) is 20. The van der Waals surface area contributed by atoms with Gasteiger partial charge in [-0.2, -0.15) is 5.10 Å². The molecule has 9 N–H and O–H groups in total. The second-order valence-electron chi connectivity index (χ2n) is 22.3. The zero-order valence-electron chi connectivity index (χ0n) is 46.7. The number of nitrogens with zero attached hydrogens (tertiary/aromatic N) is 5. The molecule has 0 saturated carbocycles. The van der Waals surface area contributed by atoms with Crippen LogP contribution in [0.4, 0.5) is 4.39 Å². The Hall–Kier alpha value is -3.46. The molecule has 20 atom stereocenters. The minimum absolute atomic E-state index is 0.0785. The number of likely N-dealkylation sites (N-methyl/N-ethyl adjacent to an activating group) is 2. The number of aromatic nitrogens is 3. The number of aliphatic hydroxyl groups is 5. The van der Waals surface area contributed by atoms with Crippen LogP contribution in [0.15, 0.2) is 48.8 Å². The number of alkyl halides is 1. The SMILES string of the molecule is CC[C@H]1OC(=O)[C@H](C)[C@@H](O[C@H]2C[C@@](C)(OC)[C@@H](O)[C@H](C)O2)[C@H](C)[C@@H](O[C@@H]2O[C@H](C)C[C@H](N(C)CC/C(=C/N[C@H](CF)[C@H](OC)c3ccc(-n4cncn4)cc3)NN)[C@H]2O)[C@](C)(O)C[C@@H](C)CN(C)[C@H](C)[C@@H](O)[C@]1(C)O. The van der Waals surface area contributed by atoms with Crippen LogP contribution in [-0.4, -0.2) is 200 Å². The Kier molecular flexibility index (Phi) is 22.4. The maximum atomic E-state index is 14.7. The number of rotatable bonds is 18. The lowest BCUT2D eigenvalue weighted by Crippen LogP contribution is -2.61. The number of benzene rings is 1. The zero-order chi connectivity index (χ0) is 55.7. The molecule has 3 saturated heterocycles. The van der Waals surface area contributed by atoms with E-state index in [1.165, 1.54) is 27.5 Å². The molecule has 1 aromatic carbocycles. The van der Waals surface area contributed by atoms with Crippen LogP contribution in [0.3, 0.4) is 0 Å². The molecule has 0 radical (unpaired) electrons. The topological polar surface area (TPSA) is 270 Å². The predicted molar refractivity (Wildman–Crippen MR) is 277 cm³/mol. The average molecular weight is 1070 g/mol. The first-order chi connectivity index (χ1) is 35.3. The zero-order valence-corrected chi connectivity index (χ0v) is 46.7. The Labute approximate surface area is 443 Å². The van der Waals surface area contributed by atoms with Crippen LogP contribution in [0, 0.1) is 17.8 Å². The van der Waals surface area contributed by atoms with E-state index in [-0.39, 0.29) is 25.2 Å². The molecule has 21 nitrogen and oxygen atoms in total. The van der Waals surface area contributed by atoms with Gasteiger partial charge in [0.1, 0.15) is 55.5 Å². The van der Waals surface area contributed by atoms with E-state index >= 15 is 0 Å². The van der Waals surface area contributed by atoms with Crippen molar-refractivity contribution in [3.63, 3.8) is 0 Å². The molecular formula is C53H91FN8O13. The Morgan fingerprint density at radius 2 is 1.71 bits per heavy atom. The number of nitrogens with two attached hydrogens (primary N) is 1. The Morgan fingerprint density at radius 3 is 2.29 bits per heavy atom. The first-order valence-electron chi connectivity index (χ1n) is 26.5. The number of hydrazine groups is 1. The smallest absolute Gasteiger partial charge is 0.311 e. The summed E-state index contributed by atoms with van der Waals surface area (Å²) in [6.07, 6.45) is -5.21. The molecule has 22 heteroatoms. The first kappa shape index (κ1) is 62.4. The molecule has 0 unspecified atom stereocenters. The minimum Gasteiger partial charge on any atom is -0.459 e. The Balaban J connectivity index is 1.42. The van der Waals surface area contributed by atoms with Gasteiger partial charge in [-0.25, -0.2) is 14.1 Å². The Morgan fingerprint density at radius 1 is 1.03 bits per heavy atom. The van der Waals surface area contributed by atoms with E-state index in [9.17, 15) is 34.7 Å². The summed E-state index contributed by atoms with van der Waals surface area (Å²) >= 11 is 0. The molecule has 5 rings (SSSR count). The number of methoxy groups -OCH3 is 2. The summed E-state index contributed by atoms with van der Waals surface area (Å²) in [7, 11) is 6.70. The van der Waals surface area contributed by atoms with Crippen LogP contribution >= 0.6 is 0 Å². The van der Waals surface area contributed by atoms with E-state index in [0.29, 0.717) is 31.6 Å². The van der Waals surface area contributed by atoms with Crippen molar-refractivity contribution in [3.8, 4) is 5.69 Å². The maximum Gasteiger partial charge on any atom is 0.311 e. The molecule has 3 aliphatic heterocycles. The van der Waals surface area contributed by atoms with Crippen LogP contribution in [0.2, 0.25) is 0 Å². The van der Waals surface area contributed by atoms with E-state index in [1.807, 2.05) is 62.0 Å². The molecule has 0 spiro atoms. The van der Waals surface area contributed by atoms with E-state index in [2.05, 4.69) is 20.8 Å². The lowest BCUT2D eigenvalue weighted by atomic mass is 9.77. The summed E-state index contributed by atoms with van der Waals surface area (Å²) in [5.41, 5.74) is 0.210. The fourth-order valence-corrected chi connectivity index (χ4v) is 11.4. The second kappa shape index (κ2) is 26.9. The van der Waals surface area contributed by atoms with Gasteiger partial charge in [-0.15, -0.1) is 0 Å². The van der Waals surface area contributed by atoms with Crippen molar-refractivity contribution in [2.75, 3.05) is 48.1 Å². The number of ether oxygens (including phenoxy) is 7. The molecule has 75 heavy (non-hydrogen) atoms. The largest absolute Gasteiger partial charge is 0.459 e. The standard InChI is InChI=1S/C53H91FN8O13/c1-15-41-53(10,68)46(64)34(6)61(12)27-30(2)23-51(8,67)48(32(4)44(33(5)49(66)73-41)74-42-24-52(9,70-14)47(65)35(7)72-42)75-50-43(63)40(22-31(3)71-50)60(11)21-20-37(59-55)26-57-39(25-54)45(69-13)36-16-18-38(19-17-36)62-29-56-28-58-62/h16-19,26,28-35,39-48,50,57,59,63-65,67-68H,15,20-25,27,55H2,1-14H3/b37-26-/t30-,31-,32+,33-,34-,35+,39-,40+,41-,42+,43-,44+,45-,46-,47+,48-,50+,51-,52-,53-/m1/s1. The van der Waals surface area contributed by atoms with Gasteiger partial charge < -0.3 is 79.2 Å². The van der Waals surface area contributed by atoms with Gasteiger partial charge in [-0.3, -0.25) is 10.6 Å². The minimum atomic E-state index is -1.86. The third-order valence-corrected chi connectivity index (χ3v) is 16.2. The lowest BCUT2D eigenvalue weighted by Gasteiger charge is -2.49. The molecule has 0 amide bonds. The summed E-state index contributed by atoms with van der Waals surface area (Å²) in [5, 5.41) is 67.1. The molecule has 1 aromatic heterocycles. The number of esters is 1. The van der Waals surface area contributed by atoms with Gasteiger partial charge in [0, 0.05) is 70.0 Å². The van der Waals surface area contributed by atoms with Crippen LogP contribution in [0.1, 0.15) is 113 Å². The van der Waals surface area contributed by atoms with Crippen molar-refractivity contribution in [3.05, 3.63) is 54.4 Å². The van der Waals surface area contributed by atoms with E-state index in [1.54, 1.807) is 65.7 Å². The number of aliphatic hydroxyl groups excluding tert-OH is 3. The van der Waals surface area contributed by atoms with Gasteiger partial charge in [0.2, 0.25) is 0 Å². The number of halogens is 1. The van der Waals surface area contributed by atoms with Crippen molar-refractivity contribution in [2.45, 2.75) is 204 Å². The lowest BCUT2D eigenvalue weighted by molar-refractivity contribution is -0.318. The fraction of sp³-hybridized carbons (Fsp3) is 0.792. The van der Waals surface area contributed by atoms with Crippen LogP contribution < -0.4 is 16.6 Å². The second-order valence-corrected chi connectivity index (χ2v) is 22.3. The average Bonchev–Trinajstić information content (AvgIpc) is 3.92. The van der Waals surface area contributed by atoms with E-state index in [4.69, 9.17) is 39.0 Å². The van der Waals surface area contributed by atoms with Gasteiger partial charge in [0.15, 0.2) is 12.6 Å². The number of nitrogens with one attached hydrogen (secondary N) is 2. The molecule has 3 fully saturated rings. The molecule has 3 aliphatic rings. The summed E-state index contributed by atoms with van der Waals surface area (Å²) in [5.74, 6) is 3.10. The van der Waals surface area contributed by atoms with Gasteiger partial charge in [-0.05, 0) is 105 Å². The number of carbonyl (C=O) groups is 1. The number of hydrogen-bond donors (Lipinski definition) is 8. The van der Waals surface area contributed by atoms with Gasteiger partial charge in [0.25, 0.3) is 0 Å². The van der Waals surface area contributed by atoms with E-state index < -0.39 is 127 Å². The highest BCUT2D eigenvalue weighted by Gasteiger charge is 2.53. The monoisotopic (exact) mass is 1070 g/mol.